The Morgan fingerprint density at radius 2 is 1.06 bits per heavy atom. The largest absolute Gasteiger partial charge is 0.507 e. The van der Waals surface area contributed by atoms with Crippen LogP contribution in [0.2, 0.25) is 0 Å². The van der Waals surface area contributed by atoms with Gasteiger partial charge in [-0.3, -0.25) is 29.8 Å². The molecule has 4 N–H and O–H groups in total. The number of carbonyl (C=O) groups is 2. The number of phenols is 2. The van der Waals surface area contributed by atoms with E-state index in [-0.39, 0.29) is 22.5 Å². The smallest absolute Gasteiger partial charge is 0.270 e. The number of anilines is 2. The molecule has 0 bridgehead atoms. The molecule has 0 spiro atoms. The van der Waals surface area contributed by atoms with Crippen molar-refractivity contribution >= 4 is 34.6 Å². The van der Waals surface area contributed by atoms with E-state index in [2.05, 4.69) is 10.6 Å². The first-order valence-corrected chi connectivity index (χ1v) is 8.84. The molecule has 3 rings (SSSR count). The van der Waals surface area contributed by atoms with E-state index in [0.29, 0.717) is 0 Å². The fraction of sp³-hybridized carbons (Fsp3) is 0. The van der Waals surface area contributed by atoms with Crippen LogP contribution in [0.25, 0.3) is 0 Å². The second-order valence-corrected chi connectivity index (χ2v) is 6.37. The highest BCUT2D eigenvalue weighted by Gasteiger charge is 2.20. The second kappa shape index (κ2) is 8.79. The second-order valence-electron chi connectivity index (χ2n) is 6.37. The van der Waals surface area contributed by atoms with Gasteiger partial charge in [0.05, 0.1) is 32.3 Å². The number of amides is 2. The number of nitro groups is 2. The molecule has 0 aliphatic carbocycles. The van der Waals surface area contributed by atoms with Crippen molar-refractivity contribution in [3.63, 3.8) is 0 Å². The Bertz CT molecular complexity index is 1160. The maximum Gasteiger partial charge on any atom is 0.270 e. The Kier molecular flexibility index (Phi) is 5.96. The first kappa shape index (κ1) is 21.7. The lowest BCUT2D eigenvalue weighted by Crippen LogP contribution is -2.17. The van der Waals surface area contributed by atoms with Crippen LogP contribution in [-0.4, -0.2) is 31.9 Å². The zero-order valence-corrected chi connectivity index (χ0v) is 16.0. The minimum atomic E-state index is -0.883. The summed E-state index contributed by atoms with van der Waals surface area (Å²) in [6.45, 7) is 0. The highest BCUT2D eigenvalue weighted by Crippen LogP contribution is 2.28. The molecule has 0 aliphatic rings. The van der Waals surface area contributed by atoms with Crippen LogP contribution in [0, 0.1) is 20.2 Å². The van der Waals surface area contributed by atoms with Crippen LogP contribution in [-0.2, 0) is 0 Å². The summed E-state index contributed by atoms with van der Waals surface area (Å²) in [6.07, 6.45) is 0. The third kappa shape index (κ3) is 4.59. The minimum absolute atomic E-state index is 0.0710. The Morgan fingerprint density at radius 3 is 1.41 bits per heavy atom. The number of carbonyl (C=O) groups excluding carboxylic acids is 2. The van der Waals surface area contributed by atoms with Crippen LogP contribution in [0.5, 0.6) is 11.5 Å². The Hall–Kier alpha value is -5.00. The zero-order valence-electron chi connectivity index (χ0n) is 16.0. The van der Waals surface area contributed by atoms with E-state index in [9.17, 15) is 40.0 Å². The summed E-state index contributed by atoms with van der Waals surface area (Å²) in [7, 11) is 0. The van der Waals surface area contributed by atoms with Gasteiger partial charge in [-0.15, -0.1) is 0 Å². The van der Waals surface area contributed by atoms with Crippen LogP contribution >= 0.6 is 0 Å². The fourth-order valence-corrected chi connectivity index (χ4v) is 2.72. The van der Waals surface area contributed by atoms with Crippen LogP contribution in [0.4, 0.5) is 22.7 Å². The standard InChI is InChI=1S/C20H14N4O8/c25-17-7-5-11(23(29)30)9-13(17)19(27)21-15-3-1-2-4-16(15)22-20(28)14-10-12(24(31)32)6-8-18(14)26/h1-10,25-26H,(H,21,27)(H,22,28). The number of nitrogens with one attached hydrogen (secondary N) is 2. The molecule has 12 nitrogen and oxygen atoms in total. The molecule has 0 saturated heterocycles. The van der Waals surface area contributed by atoms with E-state index in [1.807, 2.05) is 0 Å². The lowest BCUT2D eigenvalue weighted by molar-refractivity contribution is -0.385. The van der Waals surface area contributed by atoms with Gasteiger partial charge < -0.3 is 20.8 Å². The van der Waals surface area contributed by atoms with E-state index in [4.69, 9.17) is 0 Å². The number of aromatic hydroxyl groups is 2. The Morgan fingerprint density at radius 1 is 0.688 bits per heavy atom. The van der Waals surface area contributed by atoms with Gasteiger partial charge in [0.15, 0.2) is 0 Å². The maximum atomic E-state index is 12.6. The molecule has 2 amide bonds. The van der Waals surface area contributed by atoms with Crippen molar-refractivity contribution < 1.29 is 29.6 Å². The molecule has 0 fully saturated rings. The molecule has 0 unspecified atom stereocenters. The van der Waals surface area contributed by atoms with Gasteiger partial charge >= 0.3 is 0 Å². The number of rotatable bonds is 6. The molecule has 3 aromatic carbocycles. The average molecular weight is 438 g/mol. The highest BCUT2D eigenvalue weighted by atomic mass is 16.6. The van der Waals surface area contributed by atoms with Crippen molar-refractivity contribution in [1.29, 1.82) is 0 Å². The van der Waals surface area contributed by atoms with E-state index >= 15 is 0 Å². The summed E-state index contributed by atoms with van der Waals surface area (Å²) in [6, 6.07) is 11.8. The molecule has 0 aromatic heterocycles. The predicted molar refractivity (Wildman–Crippen MR) is 112 cm³/mol. The Balaban J connectivity index is 1.87. The van der Waals surface area contributed by atoms with Crippen molar-refractivity contribution in [3.8, 4) is 11.5 Å². The summed E-state index contributed by atoms with van der Waals surface area (Å²) >= 11 is 0. The van der Waals surface area contributed by atoms with Crippen molar-refractivity contribution in [1.82, 2.24) is 0 Å². The molecule has 12 heteroatoms. The van der Waals surface area contributed by atoms with Gasteiger partial charge in [0.25, 0.3) is 23.2 Å². The van der Waals surface area contributed by atoms with Crippen LogP contribution in [0.3, 0.4) is 0 Å². The van der Waals surface area contributed by atoms with Gasteiger partial charge in [-0.1, -0.05) is 12.1 Å². The lowest BCUT2D eigenvalue weighted by Gasteiger charge is -2.13. The number of benzene rings is 3. The van der Waals surface area contributed by atoms with Crippen LogP contribution < -0.4 is 10.6 Å². The molecule has 162 valence electrons. The molecule has 0 aliphatic heterocycles. The van der Waals surface area contributed by atoms with Gasteiger partial charge in [0.1, 0.15) is 11.5 Å². The highest BCUT2D eigenvalue weighted by molar-refractivity contribution is 6.11. The van der Waals surface area contributed by atoms with Crippen molar-refractivity contribution in [3.05, 3.63) is 92.0 Å². The summed E-state index contributed by atoms with van der Waals surface area (Å²) in [5.74, 6) is -2.75. The fourth-order valence-electron chi connectivity index (χ4n) is 2.72. The summed E-state index contributed by atoms with van der Waals surface area (Å²) in [4.78, 5) is 45.6. The molecular weight excluding hydrogens is 424 g/mol. The predicted octanol–water partition coefficient (Wildman–Crippen LogP) is 3.42. The third-order valence-corrected chi connectivity index (χ3v) is 4.29. The first-order valence-electron chi connectivity index (χ1n) is 8.84. The molecule has 0 heterocycles. The number of hydrogen-bond acceptors (Lipinski definition) is 8. The van der Waals surface area contributed by atoms with Crippen molar-refractivity contribution in [2.24, 2.45) is 0 Å². The maximum absolute atomic E-state index is 12.6. The quantitative estimate of drug-likeness (QED) is 0.333. The molecule has 0 saturated carbocycles. The van der Waals surface area contributed by atoms with Crippen molar-refractivity contribution in [2.45, 2.75) is 0 Å². The van der Waals surface area contributed by atoms with E-state index in [1.54, 1.807) is 0 Å². The van der Waals surface area contributed by atoms with Crippen molar-refractivity contribution in [2.75, 3.05) is 10.6 Å². The SMILES string of the molecule is O=C(Nc1ccccc1NC(=O)c1cc([N+](=O)[O-])ccc1O)c1cc([N+](=O)[O-])ccc1O. The normalized spacial score (nSPS) is 10.2. The topological polar surface area (TPSA) is 185 Å². The van der Waals surface area contributed by atoms with E-state index < -0.39 is 44.5 Å². The van der Waals surface area contributed by atoms with Gasteiger partial charge in [-0.05, 0) is 24.3 Å². The minimum Gasteiger partial charge on any atom is -0.507 e. The van der Waals surface area contributed by atoms with Gasteiger partial charge in [-0.2, -0.15) is 0 Å². The number of non-ortho nitro benzene ring substituents is 2. The summed E-state index contributed by atoms with van der Waals surface area (Å²) < 4.78 is 0. The summed E-state index contributed by atoms with van der Waals surface area (Å²) in [5.41, 5.74) is -1.40. The van der Waals surface area contributed by atoms with Crippen LogP contribution in [0.15, 0.2) is 60.7 Å². The molecule has 0 radical (unpaired) electrons. The molecule has 0 atom stereocenters. The van der Waals surface area contributed by atoms with Crippen LogP contribution in [0.1, 0.15) is 20.7 Å². The van der Waals surface area contributed by atoms with E-state index in [1.165, 1.54) is 24.3 Å². The Labute approximate surface area is 179 Å². The number of para-hydroxylation sites is 2. The summed E-state index contributed by atoms with van der Waals surface area (Å²) in [5, 5.41) is 46.5. The molecule has 32 heavy (non-hydrogen) atoms. The molecular formula is C20H14N4O8. The van der Waals surface area contributed by atoms with Gasteiger partial charge in [-0.25, -0.2) is 0 Å². The lowest BCUT2D eigenvalue weighted by atomic mass is 10.1. The van der Waals surface area contributed by atoms with E-state index in [0.717, 1.165) is 36.4 Å². The number of nitro benzene ring substituents is 2. The third-order valence-electron chi connectivity index (χ3n) is 4.29. The average Bonchev–Trinajstić information content (AvgIpc) is 2.75. The van der Waals surface area contributed by atoms with Gasteiger partial charge in [0.2, 0.25) is 0 Å². The van der Waals surface area contributed by atoms with Gasteiger partial charge in [0, 0.05) is 24.3 Å². The monoisotopic (exact) mass is 438 g/mol. The number of phenolic OH excluding ortho intramolecular Hbond substituents is 2. The number of hydrogen-bond donors (Lipinski definition) is 4. The first-order chi connectivity index (χ1) is 15.2. The molecule has 3 aromatic rings. The zero-order chi connectivity index (χ0) is 23.4. The number of nitrogens with zero attached hydrogens (tertiary/aromatic N) is 2.